The Labute approximate surface area is 212 Å². The molecule has 0 fully saturated rings. The molecule has 0 aromatic heterocycles. The number of ether oxygens (including phenoxy) is 1. The Morgan fingerprint density at radius 2 is 1.69 bits per heavy atom. The largest absolute Gasteiger partial charge is 0.496 e. The van der Waals surface area contributed by atoms with Crippen LogP contribution in [0.5, 0.6) is 5.75 Å². The quantitative estimate of drug-likeness (QED) is 0.261. The number of para-hydroxylation sites is 1. The van der Waals surface area contributed by atoms with Crippen molar-refractivity contribution in [3.63, 3.8) is 0 Å². The van der Waals surface area contributed by atoms with E-state index in [0.29, 0.717) is 33.2 Å². The van der Waals surface area contributed by atoms with Gasteiger partial charge in [-0.3, -0.25) is 10.1 Å². The average molecular weight is 515 g/mol. The minimum atomic E-state index is -0.547. The van der Waals surface area contributed by atoms with Gasteiger partial charge in [0.1, 0.15) is 5.75 Å². The highest BCUT2D eigenvalue weighted by atomic mass is 35.5. The van der Waals surface area contributed by atoms with Crippen LogP contribution in [0.4, 0.5) is 21.9 Å². The van der Waals surface area contributed by atoms with Crippen LogP contribution < -0.4 is 26.0 Å². The van der Waals surface area contributed by atoms with Crippen LogP contribution in [0.1, 0.15) is 21.5 Å². The SMILES string of the molecule is COc1cc(C(=O)NC(=S)Nc2ccc(Cl)c(NC(=O)Nc3ccccc3)c2)cc(CO)c1CO. The number of aliphatic hydroxyl groups is 2. The van der Waals surface area contributed by atoms with E-state index < -0.39 is 11.9 Å². The molecule has 11 heteroatoms. The molecule has 3 aromatic rings. The van der Waals surface area contributed by atoms with Crippen LogP contribution in [0.25, 0.3) is 0 Å². The summed E-state index contributed by atoms with van der Waals surface area (Å²) in [6.07, 6.45) is 0. The second-order valence-corrected chi connectivity index (χ2v) is 8.00. The zero-order valence-electron chi connectivity index (χ0n) is 18.6. The van der Waals surface area contributed by atoms with Crippen LogP contribution in [0, 0.1) is 0 Å². The lowest BCUT2D eigenvalue weighted by Gasteiger charge is -2.15. The molecule has 182 valence electrons. The smallest absolute Gasteiger partial charge is 0.323 e. The first kappa shape index (κ1) is 25.9. The van der Waals surface area contributed by atoms with Crippen LogP contribution in [0.15, 0.2) is 60.7 Å². The number of urea groups is 1. The molecule has 9 nitrogen and oxygen atoms in total. The molecule has 0 spiro atoms. The minimum Gasteiger partial charge on any atom is -0.496 e. The molecule has 3 rings (SSSR count). The zero-order chi connectivity index (χ0) is 25.4. The van der Waals surface area contributed by atoms with Crippen LogP contribution in [0.2, 0.25) is 5.02 Å². The van der Waals surface area contributed by atoms with Crippen LogP contribution in [-0.4, -0.2) is 34.4 Å². The van der Waals surface area contributed by atoms with Gasteiger partial charge in [0, 0.05) is 22.5 Å². The van der Waals surface area contributed by atoms with Gasteiger partial charge in [0.15, 0.2) is 5.11 Å². The van der Waals surface area contributed by atoms with Gasteiger partial charge in [0.05, 0.1) is 31.0 Å². The van der Waals surface area contributed by atoms with Gasteiger partial charge in [0.25, 0.3) is 5.91 Å². The van der Waals surface area contributed by atoms with E-state index in [9.17, 15) is 19.8 Å². The van der Waals surface area contributed by atoms with E-state index in [0.717, 1.165) is 0 Å². The van der Waals surface area contributed by atoms with Crippen molar-refractivity contribution in [3.8, 4) is 5.75 Å². The summed E-state index contributed by atoms with van der Waals surface area (Å²) in [4.78, 5) is 25.0. The Morgan fingerprint density at radius 1 is 0.943 bits per heavy atom. The highest BCUT2D eigenvalue weighted by Gasteiger charge is 2.16. The van der Waals surface area contributed by atoms with Crippen LogP contribution in [0.3, 0.4) is 0 Å². The number of halogens is 1. The molecular weight excluding hydrogens is 492 g/mol. The lowest BCUT2D eigenvalue weighted by molar-refractivity contribution is 0.0977. The summed E-state index contributed by atoms with van der Waals surface area (Å²) in [5.74, 6) is -0.278. The number of carbonyl (C=O) groups is 2. The summed E-state index contributed by atoms with van der Waals surface area (Å²) in [5.41, 5.74) is 2.36. The number of anilines is 3. The lowest BCUT2D eigenvalue weighted by Crippen LogP contribution is -2.34. The maximum Gasteiger partial charge on any atom is 0.323 e. The molecule has 0 bridgehead atoms. The summed E-state index contributed by atoms with van der Waals surface area (Å²) in [7, 11) is 1.40. The molecule has 0 unspecified atom stereocenters. The maximum absolute atomic E-state index is 12.7. The Balaban J connectivity index is 1.67. The average Bonchev–Trinajstić information content (AvgIpc) is 2.85. The molecule has 0 aliphatic rings. The molecule has 3 amide bonds. The highest BCUT2D eigenvalue weighted by Crippen LogP contribution is 2.27. The highest BCUT2D eigenvalue weighted by molar-refractivity contribution is 7.80. The molecule has 0 aliphatic carbocycles. The van der Waals surface area contributed by atoms with Crippen molar-refractivity contribution in [2.45, 2.75) is 13.2 Å². The topological polar surface area (TPSA) is 132 Å². The Kier molecular flexibility index (Phi) is 8.98. The van der Waals surface area contributed by atoms with Crippen molar-refractivity contribution < 1.29 is 24.5 Å². The van der Waals surface area contributed by atoms with Gasteiger partial charge in [-0.25, -0.2) is 4.79 Å². The fraction of sp³-hybridized carbons (Fsp3) is 0.125. The number of carbonyl (C=O) groups excluding carboxylic acids is 2. The van der Waals surface area contributed by atoms with Crippen molar-refractivity contribution in [1.29, 1.82) is 0 Å². The fourth-order valence-electron chi connectivity index (χ4n) is 3.18. The van der Waals surface area contributed by atoms with Gasteiger partial charge < -0.3 is 30.9 Å². The van der Waals surface area contributed by atoms with Gasteiger partial charge in [-0.2, -0.15) is 0 Å². The molecule has 35 heavy (non-hydrogen) atoms. The van der Waals surface area contributed by atoms with E-state index in [1.165, 1.54) is 19.2 Å². The summed E-state index contributed by atoms with van der Waals surface area (Å²) in [6.45, 7) is -0.730. The van der Waals surface area contributed by atoms with Gasteiger partial charge in [0.2, 0.25) is 0 Å². The van der Waals surface area contributed by atoms with Gasteiger partial charge >= 0.3 is 6.03 Å². The van der Waals surface area contributed by atoms with Crippen LogP contribution in [-0.2, 0) is 13.2 Å². The van der Waals surface area contributed by atoms with E-state index in [1.807, 2.05) is 6.07 Å². The van der Waals surface area contributed by atoms with E-state index >= 15 is 0 Å². The van der Waals surface area contributed by atoms with Crippen molar-refractivity contribution >= 4 is 57.9 Å². The number of aliphatic hydroxyl groups excluding tert-OH is 2. The van der Waals surface area contributed by atoms with Gasteiger partial charge in [-0.05, 0) is 60.2 Å². The monoisotopic (exact) mass is 514 g/mol. The first-order chi connectivity index (χ1) is 16.8. The molecule has 0 atom stereocenters. The summed E-state index contributed by atoms with van der Waals surface area (Å²) >= 11 is 11.4. The molecule has 0 heterocycles. The Bertz CT molecular complexity index is 1210. The molecule has 0 aliphatic heterocycles. The van der Waals surface area contributed by atoms with Crippen molar-refractivity contribution in [2.75, 3.05) is 23.1 Å². The van der Waals surface area contributed by atoms with Crippen LogP contribution >= 0.6 is 23.8 Å². The molecule has 0 saturated heterocycles. The molecule has 3 aromatic carbocycles. The number of hydrogen-bond donors (Lipinski definition) is 6. The first-order valence-corrected chi connectivity index (χ1v) is 11.1. The van der Waals surface area contributed by atoms with Crippen molar-refractivity contribution in [3.05, 3.63) is 82.4 Å². The second kappa shape index (κ2) is 12.1. The number of hydrogen-bond acceptors (Lipinski definition) is 6. The van der Waals surface area contributed by atoms with Crippen molar-refractivity contribution in [2.24, 2.45) is 0 Å². The summed E-state index contributed by atoms with van der Waals surface area (Å²) < 4.78 is 5.21. The van der Waals surface area contributed by atoms with E-state index in [1.54, 1.807) is 42.5 Å². The number of rotatable bonds is 7. The standard InChI is InChI=1S/C24H23ClN4O5S/c1-34-21-10-14(9-15(12-30)18(21)13-31)22(32)29-24(35)27-17-7-8-19(25)20(11-17)28-23(33)26-16-5-3-2-4-6-16/h2-11,30-31H,12-13H2,1H3,(H2,26,28,33)(H2,27,29,32,35). The Hall–Kier alpha value is -3.70. The molecule has 0 saturated carbocycles. The van der Waals surface area contributed by atoms with E-state index in [-0.39, 0.29) is 29.6 Å². The predicted octanol–water partition coefficient (Wildman–Crippen LogP) is 4.10. The summed E-state index contributed by atoms with van der Waals surface area (Å²) in [6, 6.07) is 16.1. The maximum atomic E-state index is 12.7. The predicted molar refractivity (Wildman–Crippen MR) is 139 cm³/mol. The third-order valence-corrected chi connectivity index (χ3v) is 5.38. The number of thiocarbonyl (C=S) groups is 1. The minimum absolute atomic E-state index is 0.00670. The normalized spacial score (nSPS) is 10.3. The zero-order valence-corrected chi connectivity index (χ0v) is 20.2. The molecule has 6 N–H and O–H groups in total. The summed E-state index contributed by atoms with van der Waals surface area (Å²) in [5, 5.41) is 30.1. The third-order valence-electron chi connectivity index (χ3n) is 4.84. The fourth-order valence-corrected chi connectivity index (χ4v) is 3.55. The Morgan fingerprint density at radius 3 is 2.34 bits per heavy atom. The van der Waals surface area contributed by atoms with Crippen molar-refractivity contribution in [1.82, 2.24) is 5.32 Å². The lowest BCUT2D eigenvalue weighted by atomic mass is 10.0. The third kappa shape index (κ3) is 6.90. The number of benzene rings is 3. The van der Waals surface area contributed by atoms with E-state index in [2.05, 4.69) is 21.3 Å². The number of methoxy groups -OCH3 is 1. The first-order valence-electron chi connectivity index (χ1n) is 10.3. The second-order valence-electron chi connectivity index (χ2n) is 7.18. The van der Waals surface area contributed by atoms with Gasteiger partial charge in [-0.1, -0.05) is 29.8 Å². The number of nitrogens with one attached hydrogen (secondary N) is 4. The van der Waals surface area contributed by atoms with E-state index in [4.69, 9.17) is 28.6 Å². The molecular formula is C24H23ClN4O5S. The number of amides is 3. The molecule has 0 radical (unpaired) electrons. The van der Waals surface area contributed by atoms with Gasteiger partial charge in [-0.15, -0.1) is 0 Å².